The minimum absolute atomic E-state index is 0.443. The van der Waals surface area contributed by atoms with Gasteiger partial charge in [-0.05, 0) is 18.2 Å². The van der Waals surface area contributed by atoms with E-state index in [-0.39, 0.29) is 0 Å². The van der Waals surface area contributed by atoms with Crippen molar-refractivity contribution in [3.8, 4) is 0 Å². The van der Waals surface area contributed by atoms with Crippen molar-refractivity contribution in [1.82, 2.24) is 4.98 Å². The maximum absolute atomic E-state index is 5.81. The molecule has 4 heteroatoms. The first-order valence-corrected chi connectivity index (χ1v) is 5.67. The van der Waals surface area contributed by atoms with Crippen LogP contribution in [-0.4, -0.2) is 17.7 Å². The quantitative estimate of drug-likeness (QED) is 0.580. The Kier molecular flexibility index (Phi) is 1.97. The highest BCUT2D eigenvalue weighted by atomic mass is 35.5. The van der Waals surface area contributed by atoms with Crippen LogP contribution >= 0.6 is 22.9 Å². The van der Waals surface area contributed by atoms with E-state index < -0.39 is 0 Å². The summed E-state index contributed by atoms with van der Waals surface area (Å²) in [5.41, 5.74) is 0.998. The van der Waals surface area contributed by atoms with Crippen LogP contribution in [-0.2, 0) is 11.2 Å². The summed E-state index contributed by atoms with van der Waals surface area (Å²) in [5.74, 6) is 0. The first-order valence-electron chi connectivity index (χ1n) is 4.48. The summed E-state index contributed by atoms with van der Waals surface area (Å²) in [5, 5.41) is 0.560. The molecule has 3 heterocycles. The molecule has 1 atom stereocenters. The molecule has 0 saturated carbocycles. The van der Waals surface area contributed by atoms with Gasteiger partial charge in [-0.3, -0.25) is 0 Å². The lowest BCUT2D eigenvalue weighted by Crippen LogP contribution is -1.87. The van der Waals surface area contributed by atoms with Crippen LogP contribution < -0.4 is 0 Å². The molecule has 0 bridgehead atoms. The van der Waals surface area contributed by atoms with Crippen molar-refractivity contribution in [2.24, 2.45) is 0 Å². The Morgan fingerprint density at radius 1 is 1.57 bits per heavy atom. The Hall–Kier alpha value is -0.640. The third kappa shape index (κ3) is 1.63. The summed E-state index contributed by atoms with van der Waals surface area (Å²) in [4.78, 5) is 5.59. The van der Waals surface area contributed by atoms with Gasteiger partial charge in [0.05, 0.1) is 22.9 Å². The number of halogens is 1. The molecule has 2 aromatic rings. The van der Waals surface area contributed by atoms with Gasteiger partial charge in [0.1, 0.15) is 5.15 Å². The van der Waals surface area contributed by atoms with Crippen LogP contribution in [0.5, 0.6) is 0 Å². The zero-order valence-corrected chi connectivity index (χ0v) is 8.94. The van der Waals surface area contributed by atoms with E-state index >= 15 is 0 Å². The van der Waals surface area contributed by atoms with Gasteiger partial charge < -0.3 is 4.74 Å². The number of thiophene rings is 1. The van der Waals surface area contributed by atoms with Crippen LogP contribution in [0.3, 0.4) is 0 Å². The van der Waals surface area contributed by atoms with E-state index in [9.17, 15) is 0 Å². The van der Waals surface area contributed by atoms with Crippen molar-refractivity contribution in [3.05, 3.63) is 28.2 Å². The number of pyridine rings is 1. The highest BCUT2D eigenvalue weighted by Crippen LogP contribution is 2.28. The fraction of sp³-hybridized carbons (Fsp3) is 0.300. The van der Waals surface area contributed by atoms with Gasteiger partial charge in [-0.1, -0.05) is 11.6 Å². The highest BCUT2D eigenvalue weighted by molar-refractivity contribution is 7.19. The SMILES string of the molecule is Clc1ccc2sc(CC3CO3)cc2n1. The molecule has 2 nitrogen and oxygen atoms in total. The van der Waals surface area contributed by atoms with E-state index in [4.69, 9.17) is 16.3 Å². The maximum atomic E-state index is 5.81. The molecule has 2 aromatic heterocycles. The normalized spacial score (nSPS) is 20.2. The van der Waals surface area contributed by atoms with Gasteiger partial charge in [-0.2, -0.15) is 0 Å². The van der Waals surface area contributed by atoms with Gasteiger partial charge in [0, 0.05) is 11.3 Å². The maximum Gasteiger partial charge on any atom is 0.129 e. The second-order valence-electron chi connectivity index (χ2n) is 3.39. The average molecular weight is 226 g/mol. The zero-order chi connectivity index (χ0) is 9.54. The van der Waals surface area contributed by atoms with Crippen LogP contribution in [0.4, 0.5) is 0 Å². The lowest BCUT2D eigenvalue weighted by atomic mass is 10.3. The molecule has 0 aliphatic carbocycles. The third-order valence-electron chi connectivity index (χ3n) is 2.22. The molecule has 1 saturated heterocycles. The summed E-state index contributed by atoms with van der Waals surface area (Å²) >= 11 is 7.59. The van der Waals surface area contributed by atoms with Crippen LogP contribution in [0.15, 0.2) is 18.2 Å². The number of nitrogens with zero attached hydrogens (tertiary/aromatic N) is 1. The molecule has 1 unspecified atom stereocenters. The number of hydrogen-bond donors (Lipinski definition) is 0. The Morgan fingerprint density at radius 3 is 3.21 bits per heavy atom. The predicted octanol–water partition coefficient (Wildman–Crippen LogP) is 2.89. The standard InChI is InChI=1S/C10H8ClNOS/c11-10-2-1-9-8(12-10)4-7(14-9)3-6-5-13-6/h1-2,4,6H,3,5H2. The van der Waals surface area contributed by atoms with Gasteiger partial charge in [-0.25, -0.2) is 4.98 Å². The second kappa shape index (κ2) is 3.19. The Bertz CT molecular complexity index is 478. The Balaban J connectivity index is 2.01. The van der Waals surface area contributed by atoms with Crippen molar-refractivity contribution in [2.75, 3.05) is 6.61 Å². The van der Waals surface area contributed by atoms with Gasteiger partial charge in [0.25, 0.3) is 0 Å². The molecular formula is C10H8ClNOS. The summed E-state index contributed by atoms with van der Waals surface area (Å²) in [6, 6.07) is 5.96. The summed E-state index contributed by atoms with van der Waals surface area (Å²) < 4.78 is 6.39. The smallest absolute Gasteiger partial charge is 0.129 e. The van der Waals surface area contributed by atoms with E-state index in [2.05, 4.69) is 11.1 Å². The van der Waals surface area contributed by atoms with Crippen molar-refractivity contribution < 1.29 is 4.74 Å². The van der Waals surface area contributed by atoms with E-state index in [1.54, 1.807) is 11.3 Å². The molecule has 0 radical (unpaired) electrons. The molecule has 1 fully saturated rings. The molecule has 14 heavy (non-hydrogen) atoms. The van der Waals surface area contributed by atoms with Crippen molar-refractivity contribution >= 4 is 33.2 Å². The minimum Gasteiger partial charge on any atom is -0.373 e. The number of fused-ring (bicyclic) bond motifs is 1. The molecule has 72 valence electrons. The first-order chi connectivity index (χ1) is 6.81. The van der Waals surface area contributed by atoms with Gasteiger partial charge in [-0.15, -0.1) is 11.3 Å². The lowest BCUT2D eigenvalue weighted by molar-refractivity contribution is 0.408. The molecule has 0 aromatic carbocycles. The number of epoxide rings is 1. The molecule has 1 aliphatic rings. The Morgan fingerprint density at radius 2 is 2.43 bits per heavy atom. The van der Waals surface area contributed by atoms with E-state index in [1.807, 2.05) is 12.1 Å². The molecular weight excluding hydrogens is 218 g/mol. The lowest BCUT2D eigenvalue weighted by Gasteiger charge is -1.87. The number of ether oxygens (including phenoxy) is 1. The fourth-order valence-electron chi connectivity index (χ4n) is 1.46. The van der Waals surface area contributed by atoms with Gasteiger partial charge in [0.2, 0.25) is 0 Å². The summed E-state index contributed by atoms with van der Waals surface area (Å²) in [7, 11) is 0. The summed E-state index contributed by atoms with van der Waals surface area (Å²) in [6.07, 6.45) is 1.46. The molecule has 3 rings (SSSR count). The topological polar surface area (TPSA) is 25.4 Å². The van der Waals surface area contributed by atoms with Crippen molar-refractivity contribution in [2.45, 2.75) is 12.5 Å². The highest BCUT2D eigenvalue weighted by Gasteiger charge is 2.23. The summed E-state index contributed by atoms with van der Waals surface area (Å²) in [6.45, 7) is 0.905. The minimum atomic E-state index is 0.443. The molecule has 0 N–H and O–H groups in total. The molecule has 1 aliphatic heterocycles. The van der Waals surface area contributed by atoms with Gasteiger partial charge in [0.15, 0.2) is 0 Å². The van der Waals surface area contributed by atoms with Crippen LogP contribution in [0.25, 0.3) is 10.2 Å². The first kappa shape index (κ1) is 8.65. The molecule has 0 amide bonds. The third-order valence-corrected chi connectivity index (χ3v) is 3.54. The Labute approximate surface area is 90.5 Å². The van der Waals surface area contributed by atoms with Crippen LogP contribution in [0.1, 0.15) is 4.88 Å². The van der Waals surface area contributed by atoms with Crippen molar-refractivity contribution in [3.63, 3.8) is 0 Å². The van der Waals surface area contributed by atoms with Gasteiger partial charge >= 0.3 is 0 Å². The molecule has 0 spiro atoms. The van der Waals surface area contributed by atoms with Crippen molar-refractivity contribution in [1.29, 1.82) is 0 Å². The van der Waals surface area contributed by atoms with E-state index in [0.29, 0.717) is 11.3 Å². The number of hydrogen-bond acceptors (Lipinski definition) is 3. The van der Waals surface area contributed by atoms with E-state index in [0.717, 1.165) is 18.5 Å². The number of rotatable bonds is 2. The van der Waals surface area contributed by atoms with E-state index in [1.165, 1.54) is 9.58 Å². The zero-order valence-electron chi connectivity index (χ0n) is 7.37. The second-order valence-corrected chi connectivity index (χ2v) is 4.95. The number of aromatic nitrogens is 1. The predicted molar refractivity (Wildman–Crippen MR) is 58.1 cm³/mol. The monoisotopic (exact) mass is 225 g/mol. The van der Waals surface area contributed by atoms with Crippen LogP contribution in [0, 0.1) is 0 Å². The largest absolute Gasteiger partial charge is 0.373 e. The average Bonchev–Trinajstić information content (AvgIpc) is 2.84. The van der Waals surface area contributed by atoms with Crippen LogP contribution in [0.2, 0.25) is 5.15 Å². The fourth-order valence-corrected chi connectivity index (χ4v) is 2.68.